The first kappa shape index (κ1) is 27.4. The van der Waals surface area contributed by atoms with Crippen LogP contribution < -0.4 is 11.1 Å². The van der Waals surface area contributed by atoms with E-state index >= 15 is 0 Å². The summed E-state index contributed by atoms with van der Waals surface area (Å²) >= 11 is 0. The van der Waals surface area contributed by atoms with Crippen molar-refractivity contribution in [3.8, 4) is 11.8 Å². The van der Waals surface area contributed by atoms with E-state index in [0.717, 1.165) is 44.9 Å². The van der Waals surface area contributed by atoms with Crippen molar-refractivity contribution in [2.24, 2.45) is 5.73 Å². The highest BCUT2D eigenvalue weighted by molar-refractivity contribution is 5.95. The number of amides is 1. The lowest BCUT2D eigenvalue weighted by Crippen LogP contribution is -2.12. The molecule has 0 unspecified atom stereocenters. The molecular weight excluding hydrogens is 408 g/mol. The molecule has 0 atom stereocenters. The Morgan fingerprint density at radius 2 is 1.63 bits per heavy atom. The molecule has 0 heterocycles. The van der Waals surface area contributed by atoms with Crippen LogP contribution >= 0.6 is 12.4 Å². The Hall–Kier alpha value is -2.56. The fourth-order valence-electron chi connectivity index (χ4n) is 2.83. The molecular formula is C22H31ClN2O5. The average Bonchev–Trinajstić information content (AvgIpc) is 2.70. The standard InChI is InChI=1S/C22H30N2O5.ClH/c1-29-22(28)19-14-13-18(16-17(19)10-9-15-23)24-20(25)11-7-5-3-2-4-6-8-12-21(26)27;/h13-14,16H,2-8,11-12,15,23H2,1H3,(H,24,25)(H,26,27);1H. The molecule has 1 rings (SSSR count). The van der Waals surface area contributed by atoms with E-state index in [9.17, 15) is 14.4 Å². The summed E-state index contributed by atoms with van der Waals surface area (Å²) in [6, 6.07) is 4.87. The topological polar surface area (TPSA) is 119 Å². The summed E-state index contributed by atoms with van der Waals surface area (Å²) in [4.78, 5) is 34.4. The number of carboxylic acids is 1. The normalized spacial score (nSPS) is 9.67. The van der Waals surface area contributed by atoms with Crippen LogP contribution in [0.5, 0.6) is 0 Å². The number of carbonyl (C=O) groups is 3. The van der Waals surface area contributed by atoms with Crippen molar-refractivity contribution in [3.05, 3.63) is 29.3 Å². The van der Waals surface area contributed by atoms with Gasteiger partial charge < -0.3 is 20.9 Å². The van der Waals surface area contributed by atoms with Crippen molar-refractivity contribution in [2.45, 2.75) is 57.8 Å². The van der Waals surface area contributed by atoms with Crippen molar-refractivity contribution in [1.82, 2.24) is 0 Å². The number of methoxy groups -OCH3 is 1. The van der Waals surface area contributed by atoms with Gasteiger partial charge in [-0.2, -0.15) is 0 Å². The minimum atomic E-state index is -0.741. The number of benzene rings is 1. The molecule has 8 heteroatoms. The smallest absolute Gasteiger partial charge is 0.339 e. The lowest BCUT2D eigenvalue weighted by molar-refractivity contribution is -0.137. The summed E-state index contributed by atoms with van der Waals surface area (Å²) in [5.41, 5.74) is 6.76. The molecule has 0 spiro atoms. The van der Waals surface area contributed by atoms with Gasteiger partial charge in [-0.3, -0.25) is 9.59 Å². The number of nitrogens with two attached hydrogens (primary N) is 1. The number of hydrogen-bond acceptors (Lipinski definition) is 5. The van der Waals surface area contributed by atoms with Crippen LogP contribution in [-0.2, 0) is 14.3 Å². The van der Waals surface area contributed by atoms with E-state index in [2.05, 4.69) is 17.2 Å². The van der Waals surface area contributed by atoms with Crippen LogP contribution in [0.15, 0.2) is 18.2 Å². The molecule has 0 radical (unpaired) electrons. The van der Waals surface area contributed by atoms with Gasteiger partial charge in [-0.1, -0.05) is 43.9 Å². The van der Waals surface area contributed by atoms with Gasteiger partial charge in [-0.05, 0) is 31.0 Å². The van der Waals surface area contributed by atoms with Crippen molar-refractivity contribution in [1.29, 1.82) is 0 Å². The number of ether oxygens (including phenoxy) is 1. The Bertz CT molecular complexity index is 756. The number of nitrogens with one attached hydrogen (secondary N) is 1. The molecule has 0 aliphatic heterocycles. The predicted octanol–water partition coefficient (Wildman–Crippen LogP) is 3.74. The maximum Gasteiger partial charge on any atom is 0.339 e. The van der Waals surface area contributed by atoms with Crippen molar-refractivity contribution in [2.75, 3.05) is 19.0 Å². The molecule has 1 amide bonds. The minimum absolute atomic E-state index is 0. The van der Waals surface area contributed by atoms with Gasteiger partial charge in [0.1, 0.15) is 0 Å². The van der Waals surface area contributed by atoms with E-state index in [1.807, 2.05) is 0 Å². The van der Waals surface area contributed by atoms with Gasteiger partial charge in [-0.15, -0.1) is 12.4 Å². The number of esters is 1. The van der Waals surface area contributed by atoms with Crippen LogP contribution in [0.4, 0.5) is 5.69 Å². The monoisotopic (exact) mass is 438 g/mol. The maximum atomic E-state index is 12.1. The number of carboxylic acid groups (broad SMARTS) is 1. The molecule has 30 heavy (non-hydrogen) atoms. The fraction of sp³-hybridized carbons (Fsp3) is 0.500. The van der Waals surface area contributed by atoms with Gasteiger partial charge in [-0.25, -0.2) is 4.79 Å². The van der Waals surface area contributed by atoms with E-state index in [1.54, 1.807) is 18.2 Å². The molecule has 0 saturated heterocycles. The third-order valence-corrected chi connectivity index (χ3v) is 4.33. The Balaban J connectivity index is 0.00000841. The molecule has 0 aromatic heterocycles. The highest BCUT2D eigenvalue weighted by Crippen LogP contribution is 2.17. The maximum absolute atomic E-state index is 12.1. The van der Waals surface area contributed by atoms with Gasteiger partial charge >= 0.3 is 11.9 Å². The largest absolute Gasteiger partial charge is 0.481 e. The van der Waals surface area contributed by atoms with E-state index in [4.69, 9.17) is 15.6 Å². The second-order valence-electron chi connectivity index (χ2n) is 6.67. The fourth-order valence-corrected chi connectivity index (χ4v) is 2.83. The lowest BCUT2D eigenvalue weighted by Gasteiger charge is -2.08. The van der Waals surface area contributed by atoms with Crippen LogP contribution in [0.2, 0.25) is 0 Å². The second kappa shape index (κ2) is 16.3. The van der Waals surface area contributed by atoms with E-state index < -0.39 is 11.9 Å². The van der Waals surface area contributed by atoms with E-state index in [0.29, 0.717) is 23.2 Å². The summed E-state index contributed by atoms with van der Waals surface area (Å²) in [5.74, 6) is 4.21. The molecule has 0 aliphatic carbocycles. The summed E-state index contributed by atoms with van der Waals surface area (Å²) in [6.45, 7) is 0.163. The van der Waals surface area contributed by atoms with Gasteiger partial charge in [0.2, 0.25) is 5.91 Å². The van der Waals surface area contributed by atoms with Gasteiger partial charge in [0.15, 0.2) is 0 Å². The molecule has 0 aliphatic rings. The third kappa shape index (κ3) is 11.4. The van der Waals surface area contributed by atoms with E-state index in [-0.39, 0.29) is 31.3 Å². The van der Waals surface area contributed by atoms with Gasteiger partial charge in [0.05, 0.1) is 19.2 Å². The number of anilines is 1. The van der Waals surface area contributed by atoms with Crippen LogP contribution in [0.1, 0.15) is 73.7 Å². The summed E-state index contributed by atoms with van der Waals surface area (Å²) < 4.78 is 4.74. The number of aliphatic carboxylic acids is 1. The summed E-state index contributed by atoms with van der Waals surface area (Å²) in [5, 5.41) is 11.4. The molecule has 0 fully saturated rings. The number of carbonyl (C=O) groups excluding carboxylic acids is 2. The molecule has 4 N–H and O–H groups in total. The summed E-state index contributed by atoms with van der Waals surface area (Å²) in [7, 11) is 1.30. The average molecular weight is 439 g/mol. The molecule has 166 valence electrons. The second-order valence-corrected chi connectivity index (χ2v) is 6.67. The van der Waals surface area contributed by atoms with Crippen molar-refractivity contribution >= 4 is 35.9 Å². The Kier molecular flexibility index (Phi) is 14.9. The van der Waals surface area contributed by atoms with Crippen molar-refractivity contribution in [3.63, 3.8) is 0 Å². The third-order valence-electron chi connectivity index (χ3n) is 4.33. The lowest BCUT2D eigenvalue weighted by atomic mass is 10.1. The quantitative estimate of drug-likeness (QED) is 0.260. The Labute approximate surface area is 184 Å². The zero-order valence-electron chi connectivity index (χ0n) is 17.4. The number of rotatable bonds is 12. The van der Waals surface area contributed by atoms with Gasteiger partial charge in [0, 0.05) is 24.1 Å². The van der Waals surface area contributed by atoms with E-state index in [1.165, 1.54) is 7.11 Å². The highest BCUT2D eigenvalue weighted by atomic mass is 35.5. The highest BCUT2D eigenvalue weighted by Gasteiger charge is 2.12. The number of hydrogen-bond donors (Lipinski definition) is 3. The first-order chi connectivity index (χ1) is 14.0. The predicted molar refractivity (Wildman–Crippen MR) is 119 cm³/mol. The van der Waals surface area contributed by atoms with Crippen LogP contribution in [0.25, 0.3) is 0 Å². The summed E-state index contributed by atoms with van der Waals surface area (Å²) in [6.07, 6.45) is 7.18. The zero-order chi connectivity index (χ0) is 21.5. The first-order valence-electron chi connectivity index (χ1n) is 9.91. The molecule has 1 aromatic rings. The van der Waals surface area contributed by atoms with Crippen molar-refractivity contribution < 1.29 is 24.2 Å². The minimum Gasteiger partial charge on any atom is -0.481 e. The molecule has 0 bridgehead atoms. The Morgan fingerprint density at radius 1 is 1.03 bits per heavy atom. The van der Waals surface area contributed by atoms with Gasteiger partial charge in [0.25, 0.3) is 0 Å². The van der Waals surface area contributed by atoms with Crippen LogP contribution in [0.3, 0.4) is 0 Å². The Morgan fingerprint density at radius 3 is 2.20 bits per heavy atom. The van der Waals surface area contributed by atoms with Crippen LogP contribution in [0, 0.1) is 11.8 Å². The SMILES string of the molecule is COC(=O)c1ccc(NC(=O)CCCCCCCCCC(=O)O)cc1C#CCN.Cl. The molecule has 0 saturated carbocycles. The molecule has 7 nitrogen and oxygen atoms in total. The number of unbranched alkanes of at least 4 members (excludes halogenated alkanes) is 6. The zero-order valence-corrected chi connectivity index (χ0v) is 18.2. The first-order valence-corrected chi connectivity index (χ1v) is 9.91. The molecule has 1 aromatic carbocycles. The number of halogens is 1. The van der Waals surface area contributed by atoms with Crippen LogP contribution in [-0.4, -0.2) is 36.6 Å².